The molecular weight excluding hydrogens is 240 g/mol. The number of ether oxygens (including phenoxy) is 1. The lowest BCUT2D eigenvalue weighted by Crippen LogP contribution is -2.08. The van der Waals surface area contributed by atoms with E-state index in [9.17, 15) is 5.11 Å². The number of hydrogen-bond donors (Lipinski definition) is 2. The Labute approximate surface area is 112 Å². The van der Waals surface area contributed by atoms with Gasteiger partial charge in [-0.05, 0) is 31.5 Å². The molecule has 0 fully saturated rings. The van der Waals surface area contributed by atoms with E-state index < -0.39 is 6.10 Å². The van der Waals surface area contributed by atoms with Crippen LogP contribution in [0, 0.1) is 6.92 Å². The summed E-state index contributed by atoms with van der Waals surface area (Å²) in [6, 6.07) is 9.24. The standard InChI is InChI=1S/C15H18N2O2/c1-3-19-13-7-5-4-6-11(13)14(18)12-8-10(2)9-17-15(12)16/h4-9,14,18H,3H2,1-2H3,(H2,16,17). The van der Waals surface area contributed by atoms with E-state index in [2.05, 4.69) is 4.98 Å². The number of aromatic nitrogens is 1. The van der Waals surface area contributed by atoms with Gasteiger partial charge in [-0.15, -0.1) is 0 Å². The molecule has 0 aliphatic rings. The smallest absolute Gasteiger partial charge is 0.129 e. The van der Waals surface area contributed by atoms with Gasteiger partial charge in [0.15, 0.2) is 0 Å². The zero-order valence-corrected chi connectivity index (χ0v) is 11.1. The molecule has 0 spiro atoms. The number of nitrogens with zero attached hydrogens (tertiary/aromatic N) is 1. The van der Waals surface area contributed by atoms with E-state index in [1.165, 1.54) is 0 Å². The van der Waals surface area contributed by atoms with Crippen molar-refractivity contribution in [3.63, 3.8) is 0 Å². The number of nitrogen functional groups attached to an aromatic ring is 1. The first kappa shape index (κ1) is 13.4. The van der Waals surface area contributed by atoms with Crippen LogP contribution in [0.25, 0.3) is 0 Å². The molecule has 4 heteroatoms. The number of aliphatic hydroxyl groups excluding tert-OH is 1. The van der Waals surface area contributed by atoms with Gasteiger partial charge in [0, 0.05) is 17.3 Å². The van der Waals surface area contributed by atoms with Crippen LogP contribution in [0.5, 0.6) is 5.75 Å². The minimum Gasteiger partial charge on any atom is -0.493 e. The summed E-state index contributed by atoms with van der Waals surface area (Å²) in [7, 11) is 0. The van der Waals surface area contributed by atoms with E-state index in [1.54, 1.807) is 6.20 Å². The van der Waals surface area contributed by atoms with Gasteiger partial charge < -0.3 is 15.6 Å². The maximum atomic E-state index is 10.5. The fraction of sp³-hybridized carbons (Fsp3) is 0.267. The van der Waals surface area contributed by atoms with Crippen molar-refractivity contribution in [1.82, 2.24) is 4.98 Å². The van der Waals surface area contributed by atoms with Crippen molar-refractivity contribution in [1.29, 1.82) is 0 Å². The number of anilines is 1. The number of hydrogen-bond acceptors (Lipinski definition) is 4. The molecule has 0 amide bonds. The van der Waals surface area contributed by atoms with Crippen molar-refractivity contribution in [3.8, 4) is 5.75 Å². The number of benzene rings is 1. The zero-order chi connectivity index (χ0) is 13.8. The average molecular weight is 258 g/mol. The van der Waals surface area contributed by atoms with Crippen molar-refractivity contribution in [2.45, 2.75) is 20.0 Å². The van der Waals surface area contributed by atoms with E-state index in [1.807, 2.05) is 44.2 Å². The second-order valence-corrected chi connectivity index (χ2v) is 4.36. The molecule has 2 rings (SSSR count). The van der Waals surface area contributed by atoms with E-state index in [0.29, 0.717) is 29.3 Å². The molecule has 0 saturated heterocycles. The fourth-order valence-corrected chi connectivity index (χ4v) is 1.98. The van der Waals surface area contributed by atoms with Crippen LogP contribution in [0.1, 0.15) is 29.7 Å². The van der Waals surface area contributed by atoms with Crippen LogP contribution < -0.4 is 10.5 Å². The topological polar surface area (TPSA) is 68.4 Å². The van der Waals surface area contributed by atoms with Crippen LogP contribution in [-0.2, 0) is 0 Å². The van der Waals surface area contributed by atoms with Gasteiger partial charge in [0.05, 0.1) is 6.61 Å². The second-order valence-electron chi connectivity index (χ2n) is 4.36. The summed E-state index contributed by atoms with van der Waals surface area (Å²) in [5.41, 5.74) is 8.10. The quantitative estimate of drug-likeness (QED) is 0.884. The van der Waals surface area contributed by atoms with E-state index in [4.69, 9.17) is 10.5 Å². The molecule has 4 nitrogen and oxygen atoms in total. The van der Waals surface area contributed by atoms with Crippen molar-refractivity contribution < 1.29 is 9.84 Å². The predicted molar refractivity (Wildman–Crippen MR) is 75.1 cm³/mol. The third-order valence-electron chi connectivity index (χ3n) is 2.89. The Kier molecular flexibility index (Phi) is 4.02. The SMILES string of the molecule is CCOc1ccccc1C(O)c1cc(C)cnc1N. The number of para-hydroxylation sites is 1. The van der Waals surface area contributed by atoms with E-state index in [-0.39, 0.29) is 0 Å². The van der Waals surface area contributed by atoms with Crippen molar-refractivity contribution in [2.75, 3.05) is 12.3 Å². The molecule has 0 bridgehead atoms. The molecule has 0 radical (unpaired) electrons. The number of nitrogens with two attached hydrogens (primary N) is 1. The first-order valence-electron chi connectivity index (χ1n) is 6.25. The van der Waals surface area contributed by atoms with E-state index in [0.717, 1.165) is 5.56 Å². The molecule has 0 aliphatic heterocycles. The van der Waals surface area contributed by atoms with Crippen LogP contribution in [0.2, 0.25) is 0 Å². The summed E-state index contributed by atoms with van der Waals surface area (Å²) in [5.74, 6) is 1.00. The molecule has 1 atom stereocenters. The molecule has 1 aromatic carbocycles. The van der Waals surface area contributed by atoms with Gasteiger partial charge in [0.2, 0.25) is 0 Å². The molecule has 0 aliphatic carbocycles. The van der Waals surface area contributed by atoms with Crippen molar-refractivity contribution in [3.05, 3.63) is 53.2 Å². The average Bonchev–Trinajstić information content (AvgIpc) is 2.42. The van der Waals surface area contributed by atoms with Crippen molar-refractivity contribution >= 4 is 5.82 Å². The number of aryl methyl sites for hydroxylation is 1. The van der Waals surface area contributed by atoms with E-state index >= 15 is 0 Å². The molecule has 100 valence electrons. The monoisotopic (exact) mass is 258 g/mol. The van der Waals surface area contributed by atoms with Crippen molar-refractivity contribution in [2.24, 2.45) is 0 Å². The van der Waals surface area contributed by atoms with Gasteiger partial charge in [-0.1, -0.05) is 18.2 Å². The zero-order valence-electron chi connectivity index (χ0n) is 11.1. The van der Waals surface area contributed by atoms with Crippen LogP contribution >= 0.6 is 0 Å². The Morgan fingerprint density at radius 3 is 2.79 bits per heavy atom. The third kappa shape index (κ3) is 2.85. The third-order valence-corrected chi connectivity index (χ3v) is 2.89. The minimum atomic E-state index is -0.838. The highest BCUT2D eigenvalue weighted by molar-refractivity contribution is 5.49. The molecular formula is C15H18N2O2. The van der Waals surface area contributed by atoms with Gasteiger partial charge in [-0.2, -0.15) is 0 Å². The minimum absolute atomic E-state index is 0.337. The lowest BCUT2D eigenvalue weighted by atomic mass is 10.00. The number of aliphatic hydroxyl groups is 1. The Balaban J connectivity index is 2.43. The summed E-state index contributed by atoms with van der Waals surface area (Å²) < 4.78 is 5.53. The Morgan fingerprint density at radius 2 is 2.05 bits per heavy atom. The first-order chi connectivity index (χ1) is 9.13. The summed E-state index contributed by atoms with van der Waals surface area (Å²) in [6.45, 7) is 4.37. The van der Waals surface area contributed by atoms with Gasteiger partial charge in [0.25, 0.3) is 0 Å². The summed E-state index contributed by atoms with van der Waals surface area (Å²) >= 11 is 0. The fourth-order valence-electron chi connectivity index (χ4n) is 1.98. The van der Waals surface area contributed by atoms with Gasteiger partial charge in [-0.3, -0.25) is 0 Å². The summed E-state index contributed by atoms with van der Waals surface area (Å²) in [5, 5.41) is 10.5. The van der Waals surface area contributed by atoms with Gasteiger partial charge in [-0.25, -0.2) is 4.98 Å². The van der Waals surface area contributed by atoms with Crippen LogP contribution in [0.4, 0.5) is 5.82 Å². The first-order valence-corrected chi connectivity index (χ1v) is 6.25. The van der Waals surface area contributed by atoms with Crippen LogP contribution in [-0.4, -0.2) is 16.7 Å². The lowest BCUT2D eigenvalue weighted by molar-refractivity contribution is 0.212. The van der Waals surface area contributed by atoms with Crippen LogP contribution in [0.15, 0.2) is 36.5 Å². The summed E-state index contributed by atoms with van der Waals surface area (Å²) in [4.78, 5) is 4.08. The molecule has 1 unspecified atom stereocenters. The maximum Gasteiger partial charge on any atom is 0.129 e. The molecule has 1 aromatic heterocycles. The molecule has 19 heavy (non-hydrogen) atoms. The Hall–Kier alpha value is -2.07. The van der Waals surface area contributed by atoms with Crippen LogP contribution in [0.3, 0.4) is 0 Å². The maximum absolute atomic E-state index is 10.5. The largest absolute Gasteiger partial charge is 0.493 e. The molecule has 2 aromatic rings. The molecule has 1 heterocycles. The second kappa shape index (κ2) is 5.71. The van der Waals surface area contributed by atoms with Gasteiger partial charge >= 0.3 is 0 Å². The summed E-state index contributed by atoms with van der Waals surface area (Å²) in [6.07, 6.45) is 0.843. The molecule has 3 N–H and O–H groups in total. The molecule has 0 saturated carbocycles. The predicted octanol–water partition coefficient (Wildman–Crippen LogP) is 2.45. The number of rotatable bonds is 4. The highest BCUT2D eigenvalue weighted by Crippen LogP contribution is 2.32. The normalized spacial score (nSPS) is 12.2. The highest BCUT2D eigenvalue weighted by Gasteiger charge is 2.18. The Morgan fingerprint density at radius 1 is 1.32 bits per heavy atom. The number of pyridine rings is 1. The lowest BCUT2D eigenvalue weighted by Gasteiger charge is -2.17. The highest BCUT2D eigenvalue weighted by atomic mass is 16.5. The van der Waals surface area contributed by atoms with Gasteiger partial charge in [0.1, 0.15) is 17.7 Å². The Bertz CT molecular complexity index is 570.